The molecule has 3 rings (SSSR count). The number of nitrogens with one attached hydrogen (secondary N) is 1. The summed E-state index contributed by atoms with van der Waals surface area (Å²) < 4.78 is 41.5. The lowest BCUT2D eigenvalue weighted by Crippen LogP contribution is -2.33. The van der Waals surface area contributed by atoms with Gasteiger partial charge in [0.2, 0.25) is 0 Å². The van der Waals surface area contributed by atoms with Crippen LogP contribution in [0.4, 0.5) is 13.2 Å². The van der Waals surface area contributed by atoms with Crippen LogP contribution in [0.25, 0.3) is 0 Å². The van der Waals surface area contributed by atoms with E-state index in [1.54, 1.807) is 6.07 Å². The van der Waals surface area contributed by atoms with Gasteiger partial charge in [-0.2, -0.15) is 5.10 Å². The van der Waals surface area contributed by atoms with Crippen LogP contribution in [0.3, 0.4) is 0 Å². The zero-order valence-corrected chi connectivity index (χ0v) is 14.4. The molecule has 1 N–H and O–H groups in total. The van der Waals surface area contributed by atoms with Crippen LogP contribution in [-0.2, 0) is 19.4 Å². The smallest absolute Gasteiger partial charge is 0.406 e. The van der Waals surface area contributed by atoms with Gasteiger partial charge in [0.25, 0.3) is 11.5 Å². The van der Waals surface area contributed by atoms with Crippen molar-refractivity contribution >= 4 is 5.91 Å². The number of ether oxygens (including phenoxy) is 1. The second-order valence-corrected chi connectivity index (χ2v) is 6.21. The average Bonchev–Trinajstić information content (AvgIpc) is 2.61. The first-order chi connectivity index (χ1) is 12.8. The minimum absolute atomic E-state index is 0.172. The van der Waals surface area contributed by atoms with Crippen LogP contribution in [0.5, 0.6) is 5.75 Å². The van der Waals surface area contributed by atoms with E-state index < -0.39 is 18.0 Å². The third-order valence-corrected chi connectivity index (χ3v) is 4.23. The fraction of sp³-hybridized carbons (Fsp3) is 0.389. The summed E-state index contributed by atoms with van der Waals surface area (Å²) in [5.74, 6) is -0.858. The molecule has 0 aliphatic heterocycles. The highest BCUT2D eigenvalue weighted by Crippen LogP contribution is 2.22. The number of halogens is 3. The molecular weight excluding hydrogens is 363 g/mol. The molecule has 0 saturated carbocycles. The van der Waals surface area contributed by atoms with Crippen molar-refractivity contribution in [2.45, 2.75) is 38.6 Å². The third-order valence-electron chi connectivity index (χ3n) is 4.23. The van der Waals surface area contributed by atoms with Crippen LogP contribution in [0.1, 0.15) is 34.5 Å². The maximum atomic E-state index is 12.1. The minimum Gasteiger partial charge on any atom is -0.406 e. The topological polar surface area (TPSA) is 73.2 Å². The number of carbonyl (C=O) groups excluding carboxylic acids is 1. The normalized spacial score (nSPS) is 13.7. The van der Waals surface area contributed by atoms with Crippen molar-refractivity contribution in [2.24, 2.45) is 0 Å². The Bertz CT molecular complexity index is 876. The van der Waals surface area contributed by atoms with Crippen LogP contribution in [0.2, 0.25) is 0 Å². The summed E-state index contributed by atoms with van der Waals surface area (Å²) in [6.45, 7) is 0.387. The maximum absolute atomic E-state index is 12.1. The Labute approximate surface area is 153 Å². The average molecular weight is 381 g/mol. The second-order valence-electron chi connectivity index (χ2n) is 6.21. The molecule has 0 saturated heterocycles. The summed E-state index contributed by atoms with van der Waals surface area (Å²) in [5, 5.41) is 6.98. The number of alkyl halides is 3. The maximum Gasteiger partial charge on any atom is 0.573 e. The molecule has 27 heavy (non-hydrogen) atoms. The molecule has 1 amide bonds. The summed E-state index contributed by atoms with van der Waals surface area (Å²) in [7, 11) is 0. The zero-order chi connectivity index (χ0) is 19.4. The van der Waals surface area contributed by atoms with Gasteiger partial charge in [-0.1, -0.05) is 0 Å². The molecule has 6 nitrogen and oxygen atoms in total. The van der Waals surface area contributed by atoms with Gasteiger partial charge in [-0.3, -0.25) is 9.59 Å². The van der Waals surface area contributed by atoms with Crippen LogP contribution in [0.15, 0.2) is 35.1 Å². The Kier molecular flexibility index (Phi) is 5.48. The highest BCUT2D eigenvalue weighted by molar-refractivity contribution is 5.94. The van der Waals surface area contributed by atoms with Gasteiger partial charge in [-0.05, 0) is 55.5 Å². The van der Waals surface area contributed by atoms with Gasteiger partial charge in [-0.15, -0.1) is 13.2 Å². The SMILES string of the molecule is O=C(NCCn1nc2c(cc1=O)CCCC2)c1ccc(OC(F)(F)F)cc1. The van der Waals surface area contributed by atoms with E-state index in [0.29, 0.717) is 0 Å². The van der Waals surface area contributed by atoms with Gasteiger partial charge in [-0.25, -0.2) is 4.68 Å². The number of benzene rings is 1. The Morgan fingerprint density at radius 2 is 1.89 bits per heavy atom. The molecule has 2 aromatic rings. The summed E-state index contributed by atoms with van der Waals surface area (Å²) in [6, 6.07) is 6.21. The van der Waals surface area contributed by atoms with E-state index in [4.69, 9.17) is 0 Å². The lowest BCUT2D eigenvalue weighted by Gasteiger charge is -2.16. The number of hydrogen-bond acceptors (Lipinski definition) is 4. The molecule has 0 bridgehead atoms. The van der Waals surface area contributed by atoms with Crippen LogP contribution in [-0.4, -0.2) is 28.6 Å². The van der Waals surface area contributed by atoms with E-state index >= 15 is 0 Å². The van der Waals surface area contributed by atoms with Gasteiger partial charge in [0.15, 0.2) is 0 Å². The molecule has 1 heterocycles. The van der Waals surface area contributed by atoms with E-state index in [9.17, 15) is 22.8 Å². The number of rotatable bonds is 5. The van der Waals surface area contributed by atoms with E-state index in [1.165, 1.54) is 16.8 Å². The van der Waals surface area contributed by atoms with Gasteiger partial charge in [0.1, 0.15) is 5.75 Å². The van der Waals surface area contributed by atoms with E-state index in [2.05, 4.69) is 15.2 Å². The standard InChI is InChI=1S/C18H18F3N3O3/c19-18(20,21)27-14-7-5-12(6-8-14)17(26)22-9-10-24-16(25)11-13-3-1-2-4-15(13)23-24/h5-8,11H,1-4,9-10H2,(H,22,26). The highest BCUT2D eigenvalue weighted by Gasteiger charge is 2.31. The van der Waals surface area contributed by atoms with E-state index in [0.717, 1.165) is 49.1 Å². The Morgan fingerprint density at radius 3 is 2.59 bits per heavy atom. The first-order valence-corrected chi connectivity index (χ1v) is 8.56. The second kappa shape index (κ2) is 7.81. The number of amides is 1. The summed E-state index contributed by atoms with van der Waals surface area (Å²) >= 11 is 0. The number of fused-ring (bicyclic) bond motifs is 1. The molecule has 0 radical (unpaired) electrons. The minimum atomic E-state index is -4.78. The van der Waals surface area contributed by atoms with Crippen molar-refractivity contribution in [3.05, 3.63) is 57.5 Å². The molecular formula is C18H18F3N3O3. The van der Waals surface area contributed by atoms with Crippen molar-refractivity contribution in [3.63, 3.8) is 0 Å². The van der Waals surface area contributed by atoms with E-state index in [1.807, 2.05) is 0 Å². The van der Waals surface area contributed by atoms with Crippen molar-refractivity contribution in [1.82, 2.24) is 15.1 Å². The van der Waals surface area contributed by atoms with Crippen molar-refractivity contribution in [2.75, 3.05) is 6.54 Å². The van der Waals surface area contributed by atoms with Crippen molar-refractivity contribution < 1.29 is 22.7 Å². The van der Waals surface area contributed by atoms with Crippen LogP contribution >= 0.6 is 0 Å². The summed E-state index contributed by atoms with van der Waals surface area (Å²) in [4.78, 5) is 24.1. The Balaban J connectivity index is 1.56. The number of nitrogens with zero attached hydrogens (tertiary/aromatic N) is 2. The molecule has 1 aromatic carbocycles. The van der Waals surface area contributed by atoms with Crippen molar-refractivity contribution in [3.8, 4) is 5.75 Å². The van der Waals surface area contributed by atoms with Crippen LogP contribution in [0, 0.1) is 0 Å². The number of aryl methyl sites for hydroxylation is 2. The van der Waals surface area contributed by atoms with E-state index in [-0.39, 0.29) is 24.2 Å². The zero-order valence-electron chi connectivity index (χ0n) is 14.4. The third kappa shape index (κ3) is 5.08. The molecule has 9 heteroatoms. The fourth-order valence-corrected chi connectivity index (χ4v) is 2.95. The highest BCUT2D eigenvalue weighted by atomic mass is 19.4. The summed E-state index contributed by atoms with van der Waals surface area (Å²) in [5.41, 5.74) is 1.90. The molecule has 0 unspecified atom stereocenters. The number of hydrogen-bond donors (Lipinski definition) is 1. The predicted molar refractivity (Wildman–Crippen MR) is 90.6 cm³/mol. The lowest BCUT2D eigenvalue weighted by molar-refractivity contribution is -0.274. The number of carbonyl (C=O) groups is 1. The molecule has 0 fully saturated rings. The van der Waals surface area contributed by atoms with Crippen molar-refractivity contribution in [1.29, 1.82) is 0 Å². The lowest BCUT2D eigenvalue weighted by atomic mass is 9.97. The fourth-order valence-electron chi connectivity index (χ4n) is 2.95. The largest absolute Gasteiger partial charge is 0.573 e. The number of aromatic nitrogens is 2. The molecule has 0 atom stereocenters. The first kappa shape index (κ1) is 18.9. The van der Waals surface area contributed by atoms with Gasteiger partial charge < -0.3 is 10.1 Å². The molecule has 1 aliphatic rings. The molecule has 144 valence electrons. The van der Waals surface area contributed by atoms with Gasteiger partial charge in [0, 0.05) is 18.2 Å². The first-order valence-electron chi connectivity index (χ1n) is 8.56. The monoisotopic (exact) mass is 381 g/mol. The van der Waals surface area contributed by atoms with Gasteiger partial charge >= 0.3 is 6.36 Å². The molecule has 1 aromatic heterocycles. The molecule has 0 spiro atoms. The Hall–Kier alpha value is -2.84. The quantitative estimate of drug-likeness (QED) is 0.864. The molecule has 1 aliphatic carbocycles. The Morgan fingerprint density at radius 1 is 1.19 bits per heavy atom. The van der Waals surface area contributed by atoms with Gasteiger partial charge in [0.05, 0.1) is 12.2 Å². The predicted octanol–water partition coefficient (Wildman–Crippen LogP) is 2.45. The van der Waals surface area contributed by atoms with Crippen LogP contribution < -0.4 is 15.6 Å². The summed E-state index contributed by atoms with van der Waals surface area (Å²) in [6.07, 6.45) is -0.972.